The van der Waals surface area contributed by atoms with E-state index in [1.165, 1.54) is 6.07 Å². The number of aromatic carboxylic acids is 1. The first-order valence-electron chi connectivity index (χ1n) is 4.26. The Kier molecular flexibility index (Phi) is 3.23. The number of hydrogen-bond acceptors (Lipinski definition) is 2. The third-order valence-electron chi connectivity index (χ3n) is 1.92. The molecular formula is C11H10O4. The van der Waals surface area contributed by atoms with E-state index in [1.807, 2.05) is 0 Å². The summed E-state index contributed by atoms with van der Waals surface area (Å²) in [6.07, 6.45) is 0.988. The van der Waals surface area contributed by atoms with E-state index < -0.39 is 11.9 Å². The Labute approximate surface area is 86.5 Å². The van der Waals surface area contributed by atoms with E-state index in [1.54, 1.807) is 25.1 Å². The summed E-state index contributed by atoms with van der Waals surface area (Å²) < 4.78 is 0. The van der Waals surface area contributed by atoms with Crippen molar-refractivity contribution in [3.8, 4) is 0 Å². The number of carboxylic acids is 2. The molecule has 0 heterocycles. The van der Waals surface area contributed by atoms with Crippen LogP contribution in [0, 0.1) is 0 Å². The quantitative estimate of drug-likeness (QED) is 0.740. The molecule has 4 heteroatoms. The highest BCUT2D eigenvalue weighted by Crippen LogP contribution is 2.18. The number of carboxylic acid groups (broad SMARTS) is 2. The second-order valence-corrected chi connectivity index (χ2v) is 3.02. The fraction of sp³-hybridized carbons (Fsp3) is 0.0909. The van der Waals surface area contributed by atoms with Gasteiger partial charge in [0.25, 0.3) is 0 Å². The first kappa shape index (κ1) is 11.0. The number of rotatable bonds is 3. The summed E-state index contributed by atoms with van der Waals surface area (Å²) in [7, 11) is 0. The van der Waals surface area contributed by atoms with Gasteiger partial charge in [-0.15, -0.1) is 0 Å². The molecule has 0 aliphatic rings. The molecule has 15 heavy (non-hydrogen) atoms. The van der Waals surface area contributed by atoms with Gasteiger partial charge in [-0.25, -0.2) is 9.59 Å². The molecule has 0 bridgehead atoms. The Morgan fingerprint density at radius 1 is 1.13 bits per heavy atom. The first-order valence-corrected chi connectivity index (χ1v) is 4.26. The SMILES string of the molecule is C/C(=C/C(=O)O)c1ccccc1C(=O)O. The second-order valence-electron chi connectivity index (χ2n) is 3.02. The lowest BCUT2D eigenvalue weighted by molar-refractivity contribution is -0.131. The van der Waals surface area contributed by atoms with E-state index in [2.05, 4.69) is 0 Å². The lowest BCUT2D eigenvalue weighted by atomic mass is 10.0. The molecule has 2 N–H and O–H groups in total. The highest BCUT2D eigenvalue weighted by Gasteiger charge is 2.10. The topological polar surface area (TPSA) is 74.6 Å². The van der Waals surface area contributed by atoms with Crippen LogP contribution < -0.4 is 0 Å². The van der Waals surface area contributed by atoms with E-state index in [9.17, 15) is 9.59 Å². The number of aliphatic carboxylic acids is 1. The maximum absolute atomic E-state index is 10.8. The summed E-state index contributed by atoms with van der Waals surface area (Å²) in [5, 5.41) is 17.4. The lowest BCUT2D eigenvalue weighted by Gasteiger charge is -2.04. The minimum absolute atomic E-state index is 0.104. The minimum Gasteiger partial charge on any atom is -0.478 e. The summed E-state index contributed by atoms with van der Waals surface area (Å²) in [5.41, 5.74) is 0.945. The third kappa shape index (κ3) is 2.67. The molecule has 1 rings (SSSR count). The van der Waals surface area contributed by atoms with E-state index in [0.717, 1.165) is 6.08 Å². The zero-order chi connectivity index (χ0) is 11.4. The molecule has 1 aromatic carbocycles. The van der Waals surface area contributed by atoms with Crippen molar-refractivity contribution in [2.24, 2.45) is 0 Å². The van der Waals surface area contributed by atoms with Gasteiger partial charge in [0.05, 0.1) is 5.56 Å². The monoisotopic (exact) mass is 206 g/mol. The number of allylic oxidation sites excluding steroid dienone is 1. The lowest BCUT2D eigenvalue weighted by Crippen LogP contribution is -2.01. The Hall–Kier alpha value is -2.10. The molecule has 0 aromatic heterocycles. The molecule has 0 aliphatic heterocycles. The Morgan fingerprint density at radius 2 is 1.67 bits per heavy atom. The smallest absolute Gasteiger partial charge is 0.336 e. The van der Waals surface area contributed by atoms with Crippen molar-refractivity contribution in [3.05, 3.63) is 41.5 Å². The van der Waals surface area contributed by atoms with Gasteiger partial charge < -0.3 is 10.2 Å². The van der Waals surface area contributed by atoms with Gasteiger partial charge in [-0.05, 0) is 24.1 Å². The Bertz CT molecular complexity index is 432. The van der Waals surface area contributed by atoms with Crippen LogP contribution >= 0.6 is 0 Å². The van der Waals surface area contributed by atoms with Gasteiger partial charge in [-0.1, -0.05) is 18.2 Å². The summed E-state index contributed by atoms with van der Waals surface area (Å²) in [5.74, 6) is -2.16. The molecule has 0 amide bonds. The van der Waals surface area contributed by atoms with Crippen molar-refractivity contribution in [1.29, 1.82) is 0 Å². The van der Waals surface area contributed by atoms with Crippen LogP contribution in [0.1, 0.15) is 22.8 Å². The number of benzene rings is 1. The second kappa shape index (κ2) is 4.41. The molecule has 0 aliphatic carbocycles. The van der Waals surface area contributed by atoms with Crippen LogP contribution in [0.2, 0.25) is 0 Å². The van der Waals surface area contributed by atoms with Gasteiger partial charge in [0, 0.05) is 6.08 Å². The molecule has 78 valence electrons. The summed E-state index contributed by atoms with van der Waals surface area (Å²) in [6, 6.07) is 6.29. The maximum Gasteiger partial charge on any atom is 0.336 e. The van der Waals surface area contributed by atoms with Gasteiger partial charge in [0.15, 0.2) is 0 Å². The fourth-order valence-corrected chi connectivity index (χ4v) is 1.28. The van der Waals surface area contributed by atoms with Crippen LogP contribution in [-0.2, 0) is 4.79 Å². The summed E-state index contributed by atoms with van der Waals surface area (Å²) >= 11 is 0. The highest BCUT2D eigenvalue weighted by molar-refractivity contribution is 5.97. The van der Waals surface area contributed by atoms with Crippen LogP contribution in [0.5, 0.6) is 0 Å². The molecule has 0 atom stereocenters. The van der Waals surface area contributed by atoms with Crippen LogP contribution in [0.15, 0.2) is 30.3 Å². The van der Waals surface area contributed by atoms with Gasteiger partial charge in [0.2, 0.25) is 0 Å². The van der Waals surface area contributed by atoms with Gasteiger partial charge in [0.1, 0.15) is 0 Å². The predicted octanol–water partition coefficient (Wildman–Crippen LogP) is 1.87. The van der Waals surface area contributed by atoms with Crippen molar-refractivity contribution in [2.75, 3.05) is 0 Å². The van der Waals surface area contributed by atoms with Crippen LogP contribution in [0.25, 0.3) is 5.57 Å². The van der Waals surface area contributed by atoms with Crippen molar-refractivity contribution in [1.82, 2.24) is 0 Å². The molecule has 0 radical (unpaired) electrons. The third-order valence-corrected chi connectivity index (χ3v) is 1.92. The summed E-state index contributed by atoms with van der Waals surface area (Å²) in [6.45, 7) is 1.57. The average molecular weight is 206 g/mol. The predicted molar refractivity (Wildman–Crippen MR) is 54.7 cm³/mol. The normalized spacial score (nSPS) is 11.1. The van der Waals surface area contributed by atoms with Crippen molar-refractivity contribution < 1.29 is 19.8 Å². The molecule has 0 spiro atoms. The molecule has 1 aromatic rings. The zero-order valence-corrected chi connectivity index (χ0v) is 8.10. The van der Waals surface area contributed by atoms with Crippen LogP contribution in [0.3, 0.4) is 0 Å². The number of carbonyl (C=O) groups is 2. The molecule has 4 nitrogen and oxygen atoms in total. The van der Waals surface area contributed by atoms with Crippen LogP contribution in [-0.4, -0.2) is 22.2 Å². The van der Waals surface area contributed by atoms with Crippen molar-refractivity contribution >= 4 is 17.5 Å². The van der Waals surface area contributed by atoms with Gasteiger partial charge in [-0.3, -0.25) is 0 Å². The highest BCUT2D eigenvalue weighted by atomic mass is 16.4. The van der Waals surface area contributed by atoms with Crippen molar-refractivity contribution in [3.63, 3.8) is 0 Å². The van der Waals surface area contributed by atoms with E-state index in [-0.39, 0.29) is 5.56 Å². The molecule has 0 saturated carbocycles. The van der Waals surface area contributed by atoms with E-state index in [4.69, 9.17) is 10.2 Å². The standard InChI is InChI=1S/C11H10O4/c1-7(6-10(12)13)8-4-2-3-5-9(8)11(14)15/h2-6H,1H3,(H,12,13)(H,14,15)/b7-6-. The van der Waals surface area contributed by atoms with Gasteiger partial charge >= 0.3 is 11.9 Å². The first-order chi connectivity index (χ1) is 7.02. The molecule has 0 fully saturated rings. The minimum atomic E-state index is -1.09. The van der Waals surface area contributed by atoms with Crippen molar-refractivity contribution in [2.45, 2.75) is 6.92 Å². The summed E-state index contributed by atoms with van der Waals surface area (Å²) in [4.78, 5) is 21.3. The average Bonchev–Trinajstić information content (AvgIpc) is 2.16. The molecular weight excluding hydrogens is 196 g/mol. The largest absolute Gasteiger partial charge is 0.478 e. The van der Waals surface area contributed by atoms with E-state index >= 15 is 0 Å². The van der Waals surface area contributed by atoms with E-state index in [0.29, 0.717) is 11.1 Å². The maximum atomic E-state index is 10.8. The van der Waals surface area contributed by atoms with Crippen LogP contribution in [0.4, 0.5) is 0 Å². The van der Waals surface area contributed by atoms with Gasteiger partial charge in [-0.2, -0.15) is 0 Å². The fourth-order valence-electron chi connectivity index (χ4n) is 1.28. The Morgan fingerprint density at radius 3 is 2.13 bits per heavy atom. The Balaban J connectivity index is 3.25. The molecule has 0 saturated heterocycles. The zero-order valence-electron chi connectivity index (χ0n) is 8.10. The molecule has 0 unspecified atom stereocenters. The number of hydrogen-bond donors (Lipinski definition) is 2.